The van der Waals surface area contributed by atoms with Crippen LogP contribution in [0.3, 0.4) is 0 Å². The molecule has 0 bridgehead atoms. The Bertz CT molecular complexity index is 7340. The fraction of sp³-hybridized carbons (Fsp3) is 0.118. The van der Waals surface area contributed by atoms with Crippen molar-refractivity contribution in [3.63, 3.8) is 0 Å². The lowest BCUT2D eigenvalue weighted by Crippen LogP contribution is -2.61. The summed E-state index contributed by atoms with van der Waals surface area (Å²) in [5, 5.41) is 6.08. The minimum Gasteiger partial charge on any atom is -0.453 e. The Morgan fingerprint density at radius 1 is 0.275 bits per heavy atom. The van der Waals surface area contributed by atoms with E-state index in [0.29, 0.717) is 28.1 Å². The molecule has 0 fully saturated rings. The average molecular weight is 1410 g/mol. The summed E-state index contributed by atoms with van der Waals surface area (Å²) in [6.07, 6.45) is 0. The van der Waals surface area contributed by atoms with Crippen LogP contribution in [0.25, 0.3) is 143 Å². The third-order valence-electron chi connectivity index (χ3n) is 23.0. The van der Waals surface area contributed by atoms with Crippen LogP contribution in [0.5, 0.6) is 0 Å². The summed E-state index contributed by atoms with van der Waals surface area (Å²) in [5.74, 6) is 0. The van der Waals surface area contributed by atoms with Crippen LogP contribution in [0.15, 0.2) is 324 Å². The first-order valence-electron chi connectivity index (χ1n) is 41.7. The summed E-state index contributed by atoms with van der Waals surface area (Å²) in [5.41, 5.74) is 25.4. The number of hydrogen-bond donors (Lipinski definition) is 0. The normalized spacial score (nSPS) is 14.2. The molecule has 2 aliphatic rings. The van der Waals surface area contributed by atoms with Gasteiger partial charge in [-0.25, -0.2) is 0 Å². The van der Waals surface area contributed by atoms with Gasteiger partial charge in [-0.3, -0.25) is 0 Å². The first-order chi connectivity index (χ1) is 56.3. The molecule has 0 saturated heterocycles. The Morgan fingerprint density at radius 3 is 1.07 bits per heavy atom. The molecular formula is C102H79BN4O2. The maximum absolute atomic E-state index is 9.80. The summed E-state index contributed by atoms with van der Waals surface area (Å²) >= 11 is 0. The molecule has 0 N–H and O–H groups in total. The second-order valence-corrected chi connectivity index (χ2v) is 32.6. The molecule has 15 aromatic carbocycles. The molecule has 6 nitrogen and oxygen atoms in total. The van der Waals surface area contributed by atoms with E-state index < -0.39 is 48.4 Å². The number of furan rings is 2. The van der Waals surface area contributed by atoms with Gasteiger partial charge < -0.3 is 27.8 Å². The van der Waals surface area contributed by atoms with E-state index in [4.69, 9.17) is 11.6 Å². The monoisotopic (exact) mass is 1410 g/mol. The highest BCUT2D eigenvalue weighted by Gasteiger charge is 2.46. The number of benzene rings is 15. The highest BCUT2D eigenvalue weighted by atomic mass is 16.3. The van der Waals surface area contributed by atoms with E-state index >= 15 is 0 Å². The summed E-state index contributed by atoms with van der Waals surface area (Å²) in [6, 6.07) is 92.0. The minimum absolute atomic E-state index is 0.00207. The summed E-state index contributed by atoms with van der Waals surface area (Å²) in [4.78, 5) is 4.77. The van der Waals surface area contributed by atoms with Gasteiger partial charge in [0.15, 0.2) is 11.2 Å². The topological polar surface area (TPSA) is 42.6 Å². The molecule has 2 aliphatic heterocycles. The molecule has 0 unspecified atom stereocenters. The van der Waals surface area contributed by atoms with Gasteiger partial charge in [-0.2, -0.15) is 0 Å². The third kappa shape index (κ3) is 10.0. The lowest BCUT2D eigenvalue weighted by Gasteiger charge is -2.45. The predicted octanol–water partition coefficient (Wildman–Crippen LogP) is 26.3. The summed E-state index contributed by atoms with van der Waals surface area (Å²) in [7, 11) is 0. The molecule has 7 heteroatoms. The second-order valence-electron chi connectivity index (χ2n) is 32.6. The summed E-state index contributed by atoms with van der Waals surface area (Å²) < 4.78 is 94.6. The number of aromatic nitrogens is 2. The largest absolute Gasteiger partial charge is 0.453 e. The van der Waals surface area contributed by atoms with Crippen molar-refractivity contribution < 1.29 is 19.8 Å². The van der Waals surface area contributed by atoms with Gasteiger partial charge in [-0.1, -0.05) is 293 Å². The average Bonchev–Trinajstić information content (AvgIpc) is 0.941. The van der Waals surface area contributed by atoms with E-state index in [2.05, 4.69) is 319 Å². The Hall–Kier alpha value is -12.8. The van der Waals surface area contributed by atoms with E-state index in [9.17, 15) is 8.22 Å². The standard InChI is InChI=1S/C102H79BN4O2/c1-100(2,3)68-48-54-87-81(56-68)82-57-69(101(4,5)6)49-55-88(82)105(87)72-51-53-84-92(61-72)107(90-39-23-35-80-78-33-21-31-74(97(78)109-99(80)90)67-46-42-65(43-47-67)63-26-14-11-15-27-63)94-59-70(102(7,8)9)58-93-95(94)103(84)83-52-50-71(104-85-36-18-16-28-75(85)76-29-17-19-37-86(76)104)60-91(83)106(93)89-38-22-34-79-77-32-20-30-73(96(77)108-98(79)89)66-44-40-64(41-45-66)62-24-12-10-13-25-62/h10-61H,1-9H3/i16D,17D,18D,19D,28D,29D,36D,37D. The molecular weight excluding hydrogens is 1320 g/mol. The van der Waals surface area contributed by atoms with E-state index in [1.807, 2.05) is 24.3 Å². The van der Waals surface area contributed by atoms with Gasteiger partial charge >= 0.3 is 0 Å². The van der Waals surface area contributed by atoms with Gasteiger partial charge in [-0.05, 0) is 168 Å². The van der Waals surface area contributed by atoms with Crippen LogP contribution in [0, 0.1) is 0 Å². The molecule has 4 aromatic heterocycles. The second kappa shape index (κ2) is 23.8. The fourth-order valence-electron chi connectivity index (χ4n) is 17.5. The zero-order chi connectivity index (χ0) is 80.5. The smallest absolute Gasteiger partial charge is 0.252 e. The maximum atomic E-state index is 9.80. The maximum Gasteiger partial charge on any atom is 0.252 e. The first kappa shape index (κ1) is 56.5. The fourth-order valence-corrected chi connectivity index (χ4v) is 17.5. The highest BCUT2D eigenvalue weighted by molar-refractivity contribution is 7.00. The van der Waals surface area contributed by atoms with Gasteiger partial charge in [0.05, 0.1) is 44.4 Å². The van der Waals surface area contributed by atoms with E-state index in [1.165, 1.54) is 21.9 Å². The third-order valence-corrected chi connectivity index (χ3v) is 23.0. The van der Waals surface area contributed by atoms with E-state index in [-0.39, 0.29) is 44.7 Å². The van der Waals surface area contributed by atoms with Crippen molar-refractivity contribution in [2.45, 2.75) is 78.6 Å². The number of anilines is 6. The molecule has 21 rings (SSSR count). The molecule has 6 heterocycles. The van der Waals surface area contributed by atoms with E-state index in [1.54, 1.807) is 4.57 Å². The molecule has 522 valence electrons. The number of hydrogen-bond acceptors (Lipinski definition) is 4. The van der Waals surface area contributed by atoms with Crippen LogP contribution in [0.4, 0.5) is 34.1 Å². The van der Waals surface area contributed by atoms with Gasteiger partial charge in [0.2, 0.25) is 0 Å². The van der Waals surface area contributed by atoms with Crippen LogP contribution in [0.1, 0.15) is 90.0 Å². The Morgan fingerprint density at radius 2 is 0.651 bits per heavy atom. The minimum atomic E-state index is -0.514. The van der Waals surface area contributed by atoms with Crippen molar-refractivity contribution in [2.75, 3.05) is 9.80 Å². The Kier molecular flexibility index (Phi) is 12.4. The first-order valence-corrected chi connectivity index (χ1v) is 37.7. The van der Waals surface area contributed by atoms with Crippen LogP contribution in [-0.4, -0.2) is 15.8 Å². The summed E-state index contributed by atoms with van der Waals surface area (Å²) in [6.45, 7) is 19.9. The lowest BCUT2D eigenvalue weighted by atomic mass is 9.33. The van der Waals surface area contributed by atoms with E-state index in [0.717, 1.165) is 139 Å². The molecule has 0 atom stereocenters. The number of rotatable bonds is 8. The van der Waals surface area contributed by atoms with Crippen LogP contribution >= 0.6 is 0 Å². The zero-order valence-electron chi connectivity index (χ0n) is 70.1. The van der Waals surface area contributed by atoms with Crippen LogP contribution in [-0.2, 0) is 16.2 Å². The van der Waals surface area contributed by atoms with Crippen LogP contribution < -0.4 is 26.2 Å². The predicted molar refractivity (Wildman–Crippen MR) is 462 cm³/mol. The quantitative estimate of drug-likeness (QED) is 0.142. The number of fused-ring (bicyclic) bond motifs is 16. The molecule has 0 aliphatic carbocycles. The SMILES string of the molecule is [2H]c1c([2H])c([2H])c2c(c1[2H])c1c([2H])c([2H])c([2H])c([2H])c1n2-c1ccc2c(c1)N(c1cccc3c1oc1c(-c4ccc(-c5ccccc5)cc4)cccc13)c1cc(C(C)(C)C)cc3c1B2c1ccc(-n2c4ccc(C(C)(C)C)cc4c4cc(C(C)(C)C)ccc42)cc1N3c1cccc2c1oc1c(-c3ccc(-c4ccccc4)cc3)cccc12. The van der Waals surface area contributed by atoms with Crippen molar-refractivity contribution in [1.82, 2.24) is 9.13 Å². The molecule has 0 radical (unpaired) electrons. The van der Waals surface area contributed by atoms with Gasteiger partial charge in [0.1, 0.15) is 11.2 Å². The van der Waals surface area contributed by atoms with Crippen molar-refractivity contribution in [1.29, 1.82) is 0 Å². The molecule has 0 amide bonds. The number of nitrogens with zero attached hydrogens (tertiary/aromatic N) is 4. The van der Waals surface area contributed by atoms with Gasteiger partial charge in [-0.15, -0.1) is 0 Å². The molecule has 0 spiro atoms. The zero-order valence-corrected chi connectivity index (χ0v) is 62.1. The van der Waals surface area contributed by atoms with Crippen LogP contribution in [0.2, 0.25) is 0 Å². The number of para-hydroxylation sites is 6. The molecule has 19 aromatic rings. The lowest BCUT2D eigenvalue weighted by molar-refractivity contribution is 0.590. The molecule has 0 saturated carbocycles. The van der Waals surface area contributed by atoms with Crippen molar-refractivity contribution in [2.24, 2.45) is 0 Å². The Labute approximate surface area is 646 Å². The highest BCUT2D eigenvalue weighted by Crippen LogP contribution is 2.53. The van der Waals surface area contributed by atoms with Gasteiger partial charge in [0, 0.05) is 88.3 Å². The van der Waals surface area contributed by atoms with Crippen molar-refractivity contribution in [3.8, 4) is 55.9 Å². The Balaban J connectivity index is 0.873. The molecule has 109 heavy (non-hydrogen) atoms. The van der Waals surface area contributed by atoms with Crippen molar-refractivity contribution >= 4 is 145 Å². The van der Waals surface area contributed by atoms with Gasteiger partial charge in [0.25, 0.3) is 6.71 Å². The van der Waals surface area contributed by atoms with Crippen molar-refractivity contribution in [3.05, 3.63) is 332 Å².